The third kappa shape index (κ3) is 3.83. The maximum Gasteiger partial charge on any atom is 0.261 e. The highest BCUT2D eigenvalue weighted by Crippen LogP contribution is 2.37. The van der Waals surface area contributed by atoms with Gasteiger partial charge in [-0.1, -0.05) is 27.5 Å². The van der Waals surface area contributed by atoms with Crippen molar-refractivity contribution in [1.29, 1.82) is 0 Å². The average molecular weight is 465 g/mol. The number of hydrogen-bond donors (Lipinski definition) is 1. The lowest BCUT2D eigenvalue weighted by atomic mass is 10.2. The van der Waals surface area contributed by atoms with E-state index in [0.717, 1.165) is 4.47 Å². The molecule has 0 spiro atoms. The summed E-state index contributed by atoms with van der Waals surface area (Å²) in [6, 6.07) is 8.55. The number of anilines is 1. The first kappa shape index (κ1) is 18.8. The first-order valence-electron chi connectivity index (χ1n) is 8.55. The number of hydrogen-bond acceptors (Lipinski definition) is 5. The summed E-state index contributed by atoms with van der Waals surface area (Å²) in [4.78, 5) is 29.2. The Labute approximate surface area is 173 Å². The van der Waals surface area contributed by atoms with Crippen LogP contribution in [0.3, 0.4) is 0 Å². The second-order valence-corrected chi connectivity index (χ2v) is 7.50. The number of nitrogens with zero attached hydrogens (tertiary/aromatic N) is 2. The van der Waals surface area contributed by atoms with Crippen molar-refractivity contribution in [2.75, 3.05) is 18.5 Å². The van der Waals surface area contributed by atoms with Crippen molar-refractivity contribution < 1.29 is 14.3 Å². The van der Waals surface area contributed by atoms with Crippen LogP contribution in [0.2, 0.25) is 5.02 Å². The summed E-state index contributed by atoms with van der Waals surface area (Å²) < 4.78 is 13.2. The van der Waals surface area contributed by atoms with Crippen LogP contribution >= 0.6 is 27.5 Å². The summed E-state index contributed by atoms with van der Waals surface area (Å²) in [6.45, 7) is 1.10. The van der Waals surface area contributed by atoms with Gasteiger partial charge < -0.3 is 14.8 Å². The Morgan fingerprint density at radius 1 is 1.21 bits per heavy atom. The number of ether oxygens (including phenoxy) is 2. The highest BCUT2D eigenvalue weighted by atomic mass is 79.9. The predicted molar refractivity (Wildman–Crippen MR) is 109 cm³/mol. The molecule has 0 atom stereocenters. The molecule has 144 valence electrons. The van der Waals surface area contributed by atoms with Crippen molar-refractivity contribution in [2.24, 2.45) is 0 Å². The van der Waals surface area contributed by atoms with Crippen molar-refractivity contribution in [3.05, 3.63) is 56.5 Å². The number of carbonyl (C=O) groups excluding carboxylic acids is 1. The summed E-state index contributed by atoms with van der Waals surface area (Å²) >= 11 is 9.56. The number of amides is 1. The van der Waals surface area contributed by atoms with Crippen LogP contribution in [0, 0.1) is 0 Å². The Kier molecular flexibility index (Phi) is 5.23. The molecule has 2 heterocycles. The zero-order valence-electron chi connectivity index (χ0n) is 14.6. The van der Waals surface area contributed by atoms with Crippen LogP contribution in [0.15, 0.2) is 45.9 Å². The maximum absolute atomic E-state index is 12.6. The van der Waals surface area contributed by atoms with E-state index in [1.54, 1.807) is 24.3 Å². The molecule has 1 aliphatic rings. The van der Waals surface area contributed by atoms with E-state index >= 15 is 0 Å². The number of halogens is 2. The lowest BCUT2D eigenvalue weighted by Gasteiger charge is -2.20. The van der Waals surface area contributed by atoms with E-state index in [4.69, 9.17) is 21.1 Å². The molecule has 0 radical (unpaired) electrons. The van der Waals surface area contributed by atoms with Gasteiger partial charge in [-0.3, -0.25) is 14.2 Å². The van der Waals surface area contributed by atoms with Crippen LogP contribution in [0.25, 0.3) is 10.9 Å². The number of nitrogens with one attached hydrogen (secondary N) is 1. The molecule has 4 rings (SSSR count). The number of aryl methyl sites for hydroxylation is 1. The third-order valence-corrected chi connectivity index (χ3v) is 5.08. The smallest absolute Gasteiger partial charge is 0.261 e. The molecule has 0 unspecified atom stereocenters. The Morgan fingerprint density at radius 3 is 2.75 bits per heavy atom. The summed E-state index contributed by atoms with van der Waals surface area (Å²) in [5.41, 5.74) is 0.845. The van der Waals surface area contributed by atoms with E-state index in [9.17, 15) is 9.59 Å². The van der Waals surface area contributed by atoms with Gasteiger partial charge >= 0.3 is 0 Å². The summed E-state index contributed by atoms with van der Waals surface area (Å²) in [5, 5.41) is 3.59. The maximum atomic E-state index is 12.6. The van der Waals surface area contributed by atoms with Crippen molar-refractivity contribution in [2.45, 2.75) is 13.0 Å². The lowest BCUT2D eigenvalue weighted by Crippen LogP contribution is -2.24. The Bertz CT molecular complexity index is 1130. The molecule has 0 saturated heterocycles. The van der Waals surface area contributed by atoms with Crippen molar-refractivity contribution in [3.63, 3.8) is 0 Å². The van der Waals surface area contributed by atoms with Crippen molar-refractivity contribution >= 4 is 50.0 Å². The van der Waals surface area contributed by atoms with E-state index in [2.05, 4.69) is 26.2 Å². The summed E-state index contributed by atoms with van der Waals surface area (Å²) in [6.07, 6.45) is 1.54. The molecule has 3 aromatic rings. The van der Waals surface area contributed by atoms with E-state index in [1.807, 2.05) is 6.07 Å². The molecule has 0 aliphatic carbocycles. The van der Waals surface area contributed by atoms with Crippen LogP contribution in [-0.4, -0.2) is 28.7 Å². The van der Waals surface area contributed by atoms with Gasteiger partial charge in [0.05, 0.1) is 27.9 Å². The largest absolute Gasteiger partial charge is 0.486 e. The molecule has 2 aromatic carbocycles. The molecule has 7 nitrogen and oxygen atoms in total. The number of rotatable bonds is 4. The topological polar surface area (TPSA) is 82.5 Å². The monoisotopic (exact) mass is 463 g/mol. The molecular formula is C19H15BrClN3O4. The summed E-state index contributed by atoms with van der Waals surface area (Å²) in [5.74, 6) is 0.806. The van der Waals surface area contributed by atoms with Crippen LogP contribution in [0.1, 0.15) is 6.42 Å². The fraction of sp³-hybridized carbons (Fsp3) is 0.211. The van der Waals surface area contributed by atoms with Crippen LogP contribution in [0.4, 0.5) is 5.69 Å². The lowest BCUT2D eigenvalue weighted by molar-refractivity contribution is -0.116. The number of carbonyl (C=O) groups is 1. The van der Waals surface area contributed by atoms with Gasteiger partial charge in [0.2, 0.25) is 5.91 Å². The van der Waals surface area contributed by atoms with Crippen molar-refractivity contribution in [1.82, 2.24) is 9.55 Å². The number of fused-ring (bicyclic) bond motifs is 2. The van der Waals surface area contributed by atoms with Crippen LogP contribution in [0.5, 0.6) is 11.5 Å². The predicted octanol–water partition coefficient (Wildman–Crippen LogP) is 3.61. The van der Waals surface area contributed by atoms with Gasteiger partial charge in [-0.25, -0.2) is 4.98 Å². The fourth-order valence-corrected chi connectivity index (χ4v) is 3.45. The first-order chi connectivity index (χ1) is 13.5. The molecule has 0 saturated carbocycles. The van der Waals surface area contributed by atoms with Crippen LogP contribution < -0.4 is 20.3 Å². The highest BCUT2D eigenvalue weighted by molar-refractivity contribution is 9.10. The SMILES string of the molecule is O=C(CCn1cnc2ccc(Br)cc2c1=O)Nc1cc2c(cc1Cl)OCCO2. The number of aromatic nitrogens is 2. The molecule has 28 heavy (non-hydrogen) atoms. The molecular weight excluding hydrogens is 450 g/mol. The zero-order valence-corrected chi connectivity index (χ0v) is 16.9. The van der Waals surface area contributed by atoms with E-state index < -0.39 is 0 Å². The van der Waals surface area contributed by atoms with E-state index in [0.29, 0.717) is 46.3 Å². The minimum Gasteiger partial charge on any atom is -0.486 e. The Morgan fingerprint density at radius 2 is 1.96 bits per heavy atom. The minimum absolute atomic E-state index is 0.0892. The molecule has 1 aliphatic heterocycles. The molecule has 1 aromatic heterocycles. The van der Waals surface area contributed by atoms with Crippen LogP contribution in [-0.2, 0) is 11.3 Å². The van der Waals surface area contributed by atoms with Gasteiger partial charge in [0, 0.05) is 29.6 Å². The van der Waals surface area contributed by atoms with Gasteiger partial charge in [-0.2, -0.15) is 0 Å². The van der Waals surface area contributed by atoms with Crippen molar-refractivity contribution in [3.8, 4) is 11.5 Å². The van der Waals surface area contributed by atoms with Gasteiger partial charge in [0.1, 0.15) is 13.2 Å². The molecule has 1 amide bonds. The minimum atomic E-state index is -0.278. The summed E-state index contributed by atoms with van der Waals surface area (Å²) in [7, 11) is 0. The zero-order chi connectivity index (χ0) is 19.7. The van der Waals surface area contributed by atoms with Gasteiger partial charge in [-0.05, 0) is 18.2 Å². The van der Waals surface area contributed by atoms with E-state index in [1.165, 1.54) is 10.9 Å². The fourth-order valence-electron chi connectivity index (χ4n) is 2.88. The Balaban J connectivity index is 1.47. The normalized spacial score (nSPS) is 12.8. The van der Waals surface area contributed by atoms with Gasteiger partial charge in [-0.15, -0.1) is 0 Å². The molecule has 0 fully saturated rings. The van der Waals surface area contributed by atoms with Gasteiger partial charge in [0.25, 0.3) is 5.56 Å². The quantitative estimate of drug-likeness (QED) is 0.638. The molecule has 9 heteroatoms. The molecule has 1 N–H and O–H groups in total. The first-order valence-corrected chi connectivity index (χ1v) is 9.72. The van der Waals surface area contributed by atoms with Gasteiger partial charge in [0.15, 0.2) is 11.5 Å². The number of benzene rings is 2. The third-order valence-electron chi connectivity index (χ3n) is 4.27. The van der Waals surface area contributed by atoms with E-state index in [-0.39, 0.29) is 24.4 Å². The average Bonchev–Trinajstić information content (AvgIpc) is 2.68. The standard InChI is InChI=1S/C19H15BrClN3O4/c20-11-1-2-14-12(7-11)19(26)24(10-22-14)4-3-18(25)23-15-9-17-16(8-13(15)21)27-5-6-28-17/h1-2,7-10H,3-6H2,(H,23,25). The molecule has 0 bridgehead atoms. The second kappa shape index (κ2) is 7.81. The Hall–Kier alpha value is -2.58. The highest BCUT2D eigenvalue weighted by Gasteiger charge is 2.16. The second-order valence-electron chi connectivity index (χ2n) is 6.18.